The molecule has 2 unspecified atom stereocenters. The van der Waals surface area contributed by atoms with E-state index in [2.05, 4.69) is 5.32 Å². The summed E-state index contributed by atoms with van der Waals surface area (Å²) in [7, 11) is -3.47. The predicted molar refractivity (Wildman–Crippen MR) is 59.5 cm³/mol. The van der Waals surface area contributed by atoms with Gasteiger partial charge in [-0.15, -0.1) is 0 Å². The SMILES string of the molecule is CC1NCCN(S(=O)(=O)c2ccco2)C1C. The van der Waals surface area contributed by atoms with Crippen LogP contribution in [0.4, 0.5) is 0 Å². The number of sulfonamides is 1. The molecule has 1 saturated heterocycles. The normalized spacial score (nSPS) is 28.1. The van der Waals surface area contributed by atoms with Gasteiger partial charge in [0.1, 0.15) is 0 Å². The third kappa shape index (κ3) is 1.88. The molecule has 16 heavy (non-hydrogen) atoms. The van der Waals surface area contributed by atoms with Gasteiger partial charge in [-0.2, -0.15) is 4.31 Å². The van der Waals surface area contributed by atoms with Gasteiger partial charge >= 0.3 is 0 Å². The van der Waals surface area contributed by atoms with E-state index in [0.717, 1.165) is 0 Å². The molecule has 0 amide bonds. The van der Waals surface area contributed by atoms with E-state index in [1.165, 1.54) is 16.6 Å². The van der Waals surface area contributed by atoms with E-state index in [4.69, 9.17) is 4.42 Å². The minimum Gasteiger partial charge on any atom is -0.452 e. The van der Waals surface area contributed by atoms with Gasteiger partial charge in [0.2, 0.25) is 5.09 Å². The smallest absolute Gasteiger partial charge is 0.276 e. The van der Waals surface area contributed by atoms with Gasteiger partial charge in [0, 0.05) is 25.2 Å². The Balaban J connectivity index is 2.30. The summed E-state index contributed by atoms with van der Waals surface area (Å²) < 4.78 is 30.9. The third-order valence-corrected chi connectivity index (χ3v) is 4.91. The standard InChI is InChI=1S/C10H16N2O3S/c1-8-9(2)12(6-5-11-8)16(13,14)10-4-3-7-15-10/h3-4,7-9,11H,5-6H2,1-2H3. The van der Waals surface area contributed by atoms with Crippen LogP contribution < -0.4 is 5.32 Å². The third-order valence-electron chi connectivity index (χ3n) is 3.03. The molecule has 2 atom stereocenters. The molecule has 0 bridgehead atoms. The van der Waals surface area contributed by atoms with Gasteiger partial charge in [-0.25, -0.2) is 8.42 Å². The monoisotopic (exact) mass is 244 g/mol. The van der Waals surface area contributed by atoms with E-state index >= 15 is 0 Å². The van der Waals surface area contributed by atoms with E-state index in [9.17, 15) is 8.42 Å². The second kappa shape index (κ2) is 4.20. The molecule has 1 aliphatic rings. The Morgan fingerprint density at radius 3 is 2.88 bits per heavy atom. The lowest BCUT2D eigenvalue weighted by molar-refractivity contribution is 0.228. The van der Waals surface area contributed by atoms with Crippen LogP contribution in [0.5, 0.6) is 0 Å². The van der Waals surface area contributed by atoms with Crippen LogP contribution in [0, 0.1) is 0 Å². The zero-order valence-corrected chi connectivity index (χ0v) is 10.2. The summed E-state index contributed by atoms with van der Waals surface area (Å²) in [6, 6.07) is 3.15. The van der Waals surface area contributed by atoms with E-state index in [1.807, 2.05) is 13.8 Å². The first kappa shape index (κ1) is 11.6. The molecule has 0 aliphatic carbocycles. The van der Waals surface area contributed by atoms with Gasteiger partial charge in [0.15, 0.2) is 0 Å². The quantitative estimate of drug-likeness (QED) is 0.829. The fourth-order valence-corrected chi connectivity index (χ4v) is 3.50. The summed E-state index contributed by atoms with van der Waals surface area (Å²) in [6.07, 6.45) is 1.38. The van der Waals surface area contributed by atoms with Crippen LogP contribution in [0.1, 0.15) is 13.8 Å². The number of furan rings is 1. The van der Waals surface area contributed by atoms with Gasteiger partial charge < -0.3 is 9.73 Å². The van der Waals surface area contributed by atoms with Gasteiger partial charge in [-0.3, -0.25) is 0 Å². The van der Waals surface area contributed by atoms with Crippen LogP contribution in [0.2, 0.25) is 0 Å². The van der Waals surface area contributed by atoms with E-state index in [-0.39, 0.29) is 17.2 Å². The van der Waals surface area contributed by atoms with Crippen LogP contribution in [0.3, 0.4) is 0 Å². The molecule has 1 N–H and O–H groups in total. The van der Waals surface area contributed by atoms with Crippen molar-refractivity contribution >= 4 is 10.0 Å². The molecular weight excluding hydrogens is 228 g/mol. The minimum absolute atomic E-state index is 0.0217. The maximum Gasteiger partial charge on any atom is 0.276 e. The summed E-state index contributed by atoms with van der Waals surface area (Å²) in [6.45, 7) is 5.03. The molecule has 1 aromatic rings. The minimum atomic E-state index is -3.47. The second-order valence-electron chi connectivity index (χ2n) is 4.03. The molecule has 1 fully saturated rings. The van der Waals surface area contributed by atoms with Crippen molar-refractivity contribution in [3.8, 4) is 0 Å². The molecule has 1 aromatic heterocycles. The predicted octanol–water partition coefficient (Wildman–Crippen LogP) is 0.650. The first-order chi connectivity index (χ1) is 7.53. The molecule has 2 rings (SSSR count). The fourth-order valence-electron chi connectivity index (χ4n) is 1.89. The molecule has 2 heterocycles. The fraction of sp³-hybridized carbons (Fsp3) is 0.600. The first-order valence-corrected chi connectivity index (χ1v) is 6.76. The van der Waals surface area contributed by atoms with Crippen molar-refractivity contribution in [3.63, 3.8) is 0 Å². The number of nitrogens with one attached hydrogen (secondary N) is 1. The Morgan fingerprint density at radius 2 is 2.25 bits per heavy atom. The number of rotatable bonds is 2. The van der Waals surface area contributed by atoms with Crippen LogP contribution in [-0.4, -0.2) is 37.9 Å². The Kier molecular flexibility index (Phi) is 3.05. The van der Waals surface area contributed by atoms with Crippen molar-refractivity contribution in [1.29, 1.82) is 0 Å². The molecular formula is C10H16N2O3S. The summed E-state index contributed by atoms with van der Waals surface area (Å²) >= 11 is 0. The number of nitrogens with zero attached hydrogens (tertiary/aromatic N) is 1. The molecule has 1 aliphatic heterocycles. The topological polar surface area (TPSA) is 62.6 Å². The van der Waals surface area contributed by atoms with Gasteiger partial charge in [0.05, 0.1) is 6.26 Å². The lowest BCUT2D eigenvalue weighted by Crippen LogP contribution is -2.56. The van der Waals surface area contributed by atoms with Crippen LogP contribution in [0.25, 0.3) is 0 Å². The lowest BCUT2D eigenvalue weighted by atomic mass is 10.1. The highest BCUT2D eigenvalue weighted by molar-refractivity contribution is 7.89. The summed E-state index contributed by atoms with van der Waals surface area (Å²) in [4.78, 5) is 0. The highest BCUT2D eigenvalue weighted by atomic mass is 32.2. The van der Waals surface area contributed by atoms with E-state index in [0.29, 0.717) is 13.1 Å². The van der Waals surface area contributed by atoms with Crippen LogP contribution >= 0.6 is 0 Å². The zero-order valence-electron chi connectivity index (χ0n) is 9.38. The van der Waals surface area contributed by atoms with Crippen molar-refractivity contribution in [2.24, 2.45) is 0 Å². The van der Waals surface area contributed by atoms with Crippen LogP contribution in [0.15, 0.2) is 27.9 Å². The van der Waals surface area contributed by atoms with Crippen molar-refractivity contribution < 1.29 is 12.8 Å². The van der Waals surface area contributed by atoms with Gasteiger partial charge in [-0.1, -0.05) is 0 Å². The van der Waals surface area contributed by atoms with Crippen molar-refractivity contribution in [2.45, 2.75) is 31.0 Å². The first-order valence-electron chi connectivity index (χ1n) is 5.32. The molecule has 0 spiro atoms. The Bertz CT molecular complexity index is 441. The average molecular weight is 244 g/mol. The molecule has 6 heteroatoms. The largest absolute Gasteiger partial charge is 0.452 e. The Morgan fingerprint density at radius 1 is 1.50 bits per heavy atom. The van der Waals surface area contributed by atoms with Crippen molar-refractivity contribution in [1.82, 2.24) is 9.62 Å². The number of hydrogen-bond donors (Lipinski definition) is 1. The summed E-state index contributed by atoms with van der Waals surface area (Å²) in [5.41, 5.74) is 0. The highest BCUT2D eigenvalue weighted by Gasteiger charge is 2.35. The highest BCUT2D eigenvalue weighted by Crippen LogP contribution is 2.21. The lowest BCUT2D eigenvalue weighted by Gasteiger charge is -2.36. The number of hydrogen-bond acceptors (Lipinski definition) is 4. The summed E-state index contributed by atoms with van der Waals surface area (Å²) in [5.74, 6) is 0. The zero-order chi connectivity index (χ0) is 11.8. The van der Waals surface area contributed by atoms with Crippen LogP contribution in [-0.2, 0) is 10.0 Å². The molecule has 90 valence electrons. The maximum absolute atomic E-state index is 12.2. The molecule has 0 saturated carbocycles. The molecule has 5 nitrogen and oxygen atoms in total. The Labute approximate surface area is 95.5 Å². The van der Waals surface area contributed by atoms with Gasteiger partial charge in [-0.05, 0) is 26.0 Å². The molecule has 0 aromatic carbocycles. The van der Waals surface area contributed by atoms with Crippen molar-refractivity contribution in [3.05, 3.63) is 18.4 Å². The van der Waals surface area contributed by atoms with E-state index < -0.39 is 10.0 Å². The molecule has 0 radical (unpaired) electrons. The second-order valence-corrected chi connectivity index (χ2v) is 5.85. The van der Waals surface area contributed by atoms with E-state index in [1.54, 1.807) is 6.07 Å². The average Bonchev–Trinajstić information content (AvgIpc) is 2.75. The van der Waals surface area contributed by atoms with Crippen molar-refractivity contribution in [2.75, 3.05) is 13.1 Å². The van der Waals surface area contributed by atoms with Gasteiger partial charge in [0.25, 0.3) is 10.0 Å². The number of piperazine rings is 1. The maximum atomic E-state index is 12.2. The summed E-state index contributed by atoms with van der Waals surface area (Å²) in [5, 5.41) is 3.26. The Hall–Kier alpha value is -0.850.